The lowest BCUT2D eigenvalue weighted by Crippen LogP contribution is -2.21. The van der Waals surface area contributed by atoms with Gasteiger partial charge in [-0.2, -0.15) is 0 Å². The van der Waals surface area contributed by atoms with Crippen LogP contribution in [0.5, 0.6) is 11.5 Å². The Morgan fingerprint density at radius 2 is 1.32 bits per heavy atom. The van der Waals surface area contributed by atoms with E-state index in [-0.39, 0.29) is 33.8 Å². The summed E-state index contributed by atoms with van der Waals surface area (Å²) in [6.07, 6.45) is 0. The molecule has 0 fully saturated rings. The van der Waals surface area contributed by atoms with Crippen molar-refractivity contribution in [2.45, 2.75) is 0 Å². The van der Waals surface area contributed by atoms with Gasteiger partial charge in [0.1, 0.15) is 11.5 Å². The van der Waals surface area contributed by atoms with Crippen molar-refractivity contribution in [3.63, 3.8) is 0 Å². The molecule has 25 heavy (non-hydrogen) atoms. The summed E-state index contributed by atoms with van der Waals surface area (Å²) in [6.45, 7) is 0. The number of phenolic OH excluding ortho intramolecular Hbond substituents is 2. The molecule has 4 rings (SSSR count). The molecule has 1 aliphatic rings. The molecule has 3 aromatic carbocycles. The fraction of sp³-hybridized carbons (Fsp3) is 0.100. The summed E-state index contributed by atoms with van der Waals surface area (Å²) in [7, 11) is 3.60. The minimum atomic E-state index is -0.464. The van der Waals surface area contributed by atoms with Gasteiger partial charge in [-0.3, -0.25) is 9.59 Å². The standard InChI is InChI=1S/C20H15NO4/c1-21(2)13-9-5-8-12-14(13)20(25)16-15(19(12)24)17(22)10-6-3-4-7-11(10)18(16)23/h3-9,24-25H,1-2H3. The van der Waals surface area contributed by atoms with Crippen molar-refractivity contribution in [3.8, 4) is 11.5 Å². The highest BCUT2D eigenvalue weighted by atomic mass is 16.3. The first-order valence-corrected chi connectivity index (χ1v) is 7.79. The summed E-state index contributed by atoms with van der Waals surface area (Å²) < 4.78 is 0. The van der Waals surface area contributed by atoms with Gasteiger partial charge in [0, 0.05) is 36.3 Å². The van der Waals surface area contributed by atoms with E-state index in [4.69, 9.17) is 0 Å². The molecule has 2 N–H and O–H groups in total. The number of ketones is 2. The molecule has 5 nitrogen and oxygen atoms in total. The summed E-state index contributed by atoms with van der Waals surface area (Å²) in [6, 6.07) is 11.6. The van der Waals surface area contributed by atoms with Crippen LogP contribution in [-0.2, 0) is 0 Å². The van der Waals surface area contributed by atoms with Gasteiger partial charge in [0.2, 0.25) is 0 Å². The highest BCUT2D eigenvalue weighted by Gasteiger charge is 2.36. The summed E-state index contributed by atoms with van der Waals surface area (Å²) in [5, 5.41) is 22.3. The van der Waals surface area contributed by atoms with E-state index in [1.807, 2.05) is 0 Å². The quantitative estimate of drug-likeness (QED) is 0.523. The van der Waals surface area contributed by atoms with Crippen molar-refractivity contribution < 1.29 is 19.8 Å². The average Bonchev–Trinajstić information content (AvgIpc) is 2.62. The molecule has 0 unspecified atom stereocenters. The molecule has 0 aliphatic heterocycles. The van der Waals surface area contributed by atoms with Gasteiger partial charge in [0.25, 0.3) is 0 Å². The van der Waals surface area contributed by atoms with Crippen LogP contribution in [0.1, 0.15) is 31.8 Å². The summed E-state index contributed by atoms with van der Waals surface area (Å²) >= 11 is 0. The Hall–Kier alpha value is -3.34. The maximum atomic E-state index is 12.9. The van der Waals surface area contributed by atoms with Crippen LogP contribution >= 0.6 is 0 Å². The first-order chi connectivity index (χ1) is 11.9. The van der Waals surface area contributed by atoms with Crippen molar-refractivity contribution in [1.82, 2.24) is 0 Å². The van der Waals surface area contributed by atoms with Gasteiger partial charge in [-0.25, -0.2) is 0 Å². The zero-order valence-electron chi connectivity index (χ0n) is 13.7. The van der Waals surface area contributed by atoms with Gasteiger partial charge in [0.15, 0.2) is 11.6 Å². The number of anilines is 1. The zero-order chi connectivity index (χ0) is 17.9. The Labute approximate surface area is 143 Å². The van der Waals surface area contributed by atoms with Crippen LogP contribution in [0, 0.1) is 0 Å². The van der Waals surface area contributed by atoms with Crippen molar-refractivity contribution in [3.05, 3.63) is 64.7 Å². The second-order valence-corrected chi connectivity index (χ2v) is 6.25. The zero-order valence-corrected chi connectivity index (χ0v) is 13.7. The van der Waals surface area contributed by atoms with E-state index in [9.17, 15) is 19.8 Å². The molecule has 5 heteroatoms. The SMILES string of the molecule is CN(C)c1cccc2c(O)c3c(c(O)c12)C(=O)c1ccccc1C3=O. The monoisotopic (exact) mass is 333 g/mol. The molecule has 0 heterocycles. The fourth-order valence-electron chi connectivity index (χ4n) is 3.45. The molecule has 3 aromatic rings. The number of benzene rings is 3. The van der Waals surface area contributed by atoms with Gasteiger partial charge >= 0.3 is 0 Å². The molecule has 0 atom stereocenters. The number of carbonyl (C=O) groups is 2. The lowest BCUT2D eigenvalue weighted by molar-refractivity contribution is 0.0974. The molecule has 0 radical (unpaired) electrons. The topological polar surface area (TPSA) is 77.8 Å². The van der Waals surface area contributed by atoms with Crippen LogP contribution in [0.3, 0.4) is 0 Å². The second kappa shape index (κ2) is 5.08. The molecule has 0 amide bonds. The number of fused-ring (bicyclic) bond motifs is 3. The van der Waals surface area contributed by atoms with Gasteiger partial charge < -0.3 is 15.1 Å². The molecular weight excluding hydrogens is 318 g/mol. The number of carbonyl (C=O) groups excluding carboxylic acids is 2. The van der Waals surface area contributed by atoms with Gasteiger partial charge in [-0.15, -0.1) is 0 Å². The Morgan fingerprint density at radius 3 is 1.88 bits per heavy atom. The largest absolute Gasteiger partial charge is 0.506 e. The third-order valence-electron chi connectivity index (χ3n) is 4.61. The average molecular weight is 333 g/mol. The number of nitrogens with zero attached hydrogens (tertiary/aromatic N) is 1. The number of hydrogen-bond acceptors (Lipinski definition) is 5. The van der Waals surface area contributed by atoms with E-state index in [1.165, 1.54) is 0 Å². The minimum absolute atomic E-state index is 0.135. The van der Waals surface area contributed by atoms with Gasteiger partial charge in [0.05, 0.1) is 16.5 Å². The predicted octanol–water partition coefficient (Wildman–Crippen LogP) is 3.09. The van der Waals surface area contributed by atoms with E-state index >= 15 is 0 Å². The molecule has 1 aliphatic carbocycles. The molecule has 0 bridgehead atoms. The third-order valence-corrected chi connectivity index (χ3v) is 4.61. The van der Waals surface area contributed by atoms with E-state index in [1.54, 1.807) is 61.5 Å². The first-order valence-electron chi connectivity index (χ1n) is 7.79. The van der Waals surface area contributed by atoms with E-state index in [0.717, 1.165) is 0 Å². The predicted molar refractivity (Wildman–Crippen MR) is 94.9 cm³/mol. The van der Waals surface area contributed by atoms with Crippen LogP contribution < -0.4 is 4.90 Å². The maximum Gasteiger partial charge on any atom is 0.198 e. The maximum absolute atomic E-state index is 12.9. The molecule has 124 valence electrons. The van der Waals surface area contributed by atoms with Crippen LogP contribution in [0.25, 0.3) is 10.8 Å². The second-order valence-electron chi connectivity index (χ2n) is 6.25. The van der Waals surface area contributed by atoms with E-state index in [2.05, 4.69) is 0 Å². The Kier molecular flexibility index (Phi) is 3.09. The van der Waals surface area contributed by atoms with Crippen molar-refractivity contribution in [1.29, 1.82) is 0 Å². The van der Waals surface area contributed by atoms with Crippen LogP contribution in [0.15, 0.2) is 42.5 Å². The smallest absolute Gasteiger partial charge is 0.198 e. The normalized spacial score (nSPS) is 12.9. The highest BCUT2D eigenvalue weighted by Crippen LogP contribution is 2.46. The molecule has 0 aromatic heterocycles. The highest BCUT2D eigenvalue weighted by molar-refractivity contribution is 6.33. The van der Waals surface area contributed by atoms with Crippen molar-refractivity contribution in [2.75, 3.05) is 19.0 Å². The van der Waals surface area contributed by atoms with Crippen molar-refractivity contribution in [2.24, 2.45) is 0 Å². The number of aromatic hydroxyl groups is 2. The van der Waals surface area contributed by atoms with Gasteiger partial charge in [-0.05, 0) is 6.07 Å². The summed E-state index contributed by atoms with van der Waals surface area (Å²) in [5.41, 5.74) is 0.842. The fourth-order valence-corrected chi connectivity index (χ4v) is 3.45. The summed E-state index contributed by atoms with van der Waals surface area (Å²) in [4.78, 5) is 27.5. The summed E-state index contributed by atoms with van der Waals surface area (Å²) in [5.74, 6) is -1.48. The van der Waals surface area contributed by atoms with E-state index in [0.29, 0.717) is 16.5 Å². The van der Waals surface area contributed by atoms with E-state index < -0.39 is 11.6 Å². The van der Waals surface area contributed by atoms with Crippen LogP contribution in [0.2, 0.25) is 0 Å². The van der Waals surface area contributed by atoms with Crippen LogP contribution in [-0.4, -0.2) is 35.9 Å². The van der Waals surface area contributed by atoms with Crippen LogP contribution in [0.4, 0.5) is 5.69 Å². The molecule has 0 saturated heterocycles. The third kappa shape index (κ3) is 1.89. The van der Waals surface area contributed by atoms with Crippen molar-refractivity contribution >= 4 is 28.0 Å². The molecular formula is C20H15NO4. The Bertz CT molecular complexity index is 1080. The minimum Gasteiger partial charge on any atom is -0.506 e. The lowest BCUT2D eigenvalue weighted by Gasteiger charge is -2.23. The Balaban J connectivity index is 2.19. The number of hydrogen-bond donors (Lipinski definition) is 2. The number of phenols is 2. The first kappa shape index (κ1) is 15.2. The number of rotatable bonds is 1. The van der Waals surface area contributed by atoms with Gasteiger partial charge in [-0.1, -0.05) is 36.4 Å². The molecule has 0 spiro atoms. The Morgan fingerprint density at radius 1 is 0.760 bits per heavy atom. The molecule has 0 saturated carbocycles. The lowest BCUT2D eigenvalue weighted by atomic mass is 9.81.